The fraction of sp³-hybridized carbons (Fsp3) is 0.348. The third-order valence-corrected chi connectivity index (χ3v) is 5.40. The lowest BCUT2D eigenvalue weighted by molar-refractivity contribution is -0.300. The first-order valence-electron chi connectivity index (χ1n) is 9.56. The van der Waals surface area contributed by atoms with Crippen molar-refractivity contribution >= 4 is 5.97 Å². The molecule has 2 aromatic rings. The Labute approximate surface area is 161 Å². The van der Waals surface area contributed by atoms with E-state index < -0.39 is 5.97 Å². The highest BCUT2D eigenvalue weighted by Gasteiger charge is 2.37. The lowest BCUT2D eigenvalue weighted by Crippen LogP contribution is -2.60. The summed E-state index contributed by atoms with van der Waals surface area (Å²) in [5.74, 6) is -1.15. The van der Waals surface area contributed by atoms with Gasteiger partial charge in [0.1, 0.15) is 0 Å². The summed E-state index contributed by atoms with van der Waals surface area (Å²) in [7, 11) is 0. The Bertz CT molecular complexity index is 760. The Morgan fingerprint density at radius 1 is 0.963 bits per heavy atom. The molecule has 1 saturated heterocycles. The second-order valence-electron chi connectivity index (χ2n) is 7.15. The average Bonchev–Trinajstić information content (AvgIpc) is 2.69. The van der Waals surface area contributed by atoms with E-state index in [4.69, 9.17) is 0 Å². The van der Waals surface area contributed by atoms with Crippen molar-refractivity contribution < 1.29 is 9.90 Å². The monoisotopic (exact) mass is 363 g/mol. The molecule has 0 spiro atoms. The van der Waals surface area contributed by atoms with Crippen LogP contribution in [-0.4, -0.2) is 40.9 Å². The number of nitrogens with zero attached hydrogens (tertiary/aromatic N) is 2. The Balaban J connectivity index is 1.84. The van der Waals surface area contributed by atoms with Gasteiger partial charge in [-0.15, -0.1) is 0 Å². The molecule has 0 saturated carbocycles. The maximum absolute atomic E-state index is 11.7. The average molecular weight is 363 g/mol. The molecule has 0 radical (unpaired) electrons. The number of hydrogen-bond donors (Lipinski definition) is 0. The third kappa shape index (κ3) is 4.65. The van der Waals surface area contributed by atoms with Gasteiger partial charge in [-0.3, -0.25) is 9.80 Å². The van der Waals surface area contributed by atoms with Gasteiger partial charge in [0.15, 0.2) is 0 Å². The van der Waals surface area contributed by atoms with Gasteiger partial charge < -0.3 is 9.90 Å². The number of piperazine rings is 1. The zero-order valence-electron chi connectivity index (χ0n) is 15.9. The first kappa shape index (κ1) is 19.3. The highest BCUT2D eigenvalue weighted by Crippen LogP contribution is 2.28. The van der Waals surface area contributed by atoms with E-state index in [2.05, 4.69) is 47.6 Å². The van der Waals surface area contributed by atoms with Crippen LogP contribution < -0.4 is 5.11 Å². The summed E-state index contributed by atoms with van der Waals surface area (Å²) < 4.78 is 0. The zero-order chi connectivity index (χ0) is 19.2. The van der Waals surface area contributed by atoms with Crippen molar-refractivity contribution in [1.82, 2.24) is 9.80 Å². The molecular weight excluding hydrogens is 336 g/mol. The van der Waals surface area contributed by atoms with Crippen LogP contribution in [0.1, 0.15) is 24.5 Å². The molecule has 0 N–H and O–H groups in total. The molecule has 2 atom stereocenters. The van der Waals surface area contributed by atoms with Gasteiger partial charge >= 0.3 is 0 Å². The van der Waals surface area contributed by atoms with Gasteiger partial charge in [0.05, 0.1) is 12.0 Å². The Morgan fingerprint density at radius 3 is 1.93 bits per heavy atom. The number of carboxylic acids is 1. The van der Waals surface area contributed by atoms with Crippen molar-refractivity contribution in [2.75, 3.05) is 13.1 Å². The predicted octanol–water partition coefficient (Wildman–Crippen LogP) is 2.46. The van der Waals surface area contributed by atoms with Crippen LogP contribution in [0.2, 0.25) is 0 Å². The van der Waals surface area contributed by atoms with E-state index in [0.29, 0.717) is 6.54 Å². The fourth-order valence-electron chi connectivity index (χ4n) is 4.07. The smallest absolute Gasteiger partial charge is 0.0685 e. The first-order chi connectivity index (χ1) is 13.1. The molecule has 0 aliphatic carbocycles. The van der Waals surface area contributed by atoms with Gasteiger partial charge in [-0.05, 0) is 23.1 Å². The molecule has 4 nitrogen and oxygen atoms in total. The molecule has 4 heteroatoms. The van der Waals surface area contributed by atoms with E-state index in [1.165, 1.54) is 11.1 Å². The molecule has 0 aromatic heterocycles. The van der Waals surface area contributed by atoms with Crippen molar-refractivity contribution in [2.45, 2.75) is 38.5 Å². The Morgan fingerprint density at radius 2 is 1.44 bits per heavy atom. The number of carboxylic acid groups (broad SMARTS) is 1. The third-order valence-electron chi connectivity index (χ3n) is 5.40. The molecule has 1 heterocycles. The number of hydrogen-bond acceptors (Lipinski definition) is 4. The molecule has 2 aromatic carbocycles. The first-order valence-corrected chi connectivity index (χ1v) is 9.56. The van der Waals surface area contributed by atoms with Crippen LogP contribution in [0, 0.1) is 0 Å². The second-order valence-corrected chi connectivity index (χ2v) is 7.15. The summed E-state index contributed by atoms with van der Waals surface area (Å²) in [6, 6.07) is 20.3. The van der Waals surface area contributed by atoms with Gasteiger partial charge in [-0.2, -0.15) is 0 Å². The molecule has 2 unspecified atom stereocenters. The number of benzene rings is 2. The molecule has 1 fully saturated rings. The maximum atomic E-state index is 11.7. The van der Waals surface area contributed by atoms with Crippen LogP contribution in [-0.2, 0) is 17.9 Å². The summed E-state index contributed by atoms with van der Waals surface area (Å²) in [6.45, 7) is 9.23. The SMILES string of the molecule is C=C(C(=O)[O-])C1C(CC)N(Cc2ccccc2)CCN1Cc1ccccc1. The van der Waals surface area contributed by atoms with E-state index in [0.717, 1.165) is 26.1 Å². The summed E-state index contributed by atoms with van der Waals surface area (Å²) in [5, 5.41) is 11.7. The van der Waals surface area contributed by atoms with E-state index in [9.17, 15) is 9.90 Å². The summed E-state index contributed by atoms with van der Waals surface area (Å²) >= 11 is 0. The lowest BCUT2D eigenvalue weighted by Gasteiger charge is -2.48. The summed E-state index contributed by atoms with van der Waals surface area (Å²) in [4.78, 5) is 16.3. The second kappa shape index (κ2) is 8.98. The van der Waals surface area contributed by atoms with Crippen molar-refractivity contribution in [2.24, 2.45) is 0 Å². The topological polar surface area (TPSA) is 46.6 Å². The molecular formula is C23H27N2O2-. The molecule has 1 aliphatic rings. The largest absolute Gasteiger partial charge is 0.545 e. The lowest BCUT2D eigenvalue weighted by atomic mass is 9.91. The molecule has 0 bridgehead atoms. The minimum atomic E-state index is -1.15. The van der Waals surface area contributed by atoms with E-state index in [1.807, 2.05) is 36.4 Å². The molecule has 0 amide bonds. The summed E-state index contributed by atoms with van der Waals surface area (Å²) in [5.41, 5.74) is 2.60. The van der Waals surface area contributed by atoms with Crippen molar-refractivity contribution in [1.29, 1.82) is 0 Å². The van der Waals surface area contributed by atoms with Crippen LogP contribution in [0.15, 0.2) is 72.8 Å². The number of carbonyl (C=O) groups is 1. The van der Waals surface area contributed by atoms with E-state index in [-0.39, 0.29) is 17.7 Å². The zero-order valence-corrected chi connectivity index (χ0v) is 15.9. The van der Waals surface area contributed by atoms with Gasteiger partial charge in [0.25, 0.3) is 0 Å². The van der Waals surface area contributed by atoms with Gasteiger partial charge in [-0.1, -0.05) is 74.2 Å². The van der Waals surface area contributed by atoms with Crippen LogP contribution >= 0.6 is 0 Å². The quantitative estimate of drug-likeness (QED) is 0.709. The Hall–Kier alpha value is -2.43. The fourth-order valence-corrected chi connectivity index (χ4v) is 4.07. The molecule has 1 aliphatic heterocycles. The predicted molar refractivity (Wildman–Crippen MR) is 106 cm³/mol. The van der Waals surface area contributed by atoms with Crippen LogP contribution in [0.4, 0.5) is 0 Å². The Kier molecular flexibility index (Phi) is 6.43. The van der Waals surface area contributed by atoms with Crippen molar-refractivity contribution in [3.05, 3.63) is 83.9 Å². The van der Waals surface area contributed by atoms with Crippen LogP contribution in [0.25, 0.3) is 0 Å². The minimum Gasteiger partial charge on any atom is -0.545 e. The normalized spacial score (nSPS) is 21.1. The standard InChI is InChI=1S/C23H28N2O2/c1-3-21-22(18(2)23(26)27)25(17-20-12-8-5-9-13-20)15-14-24(21)16-19-10-6-4-7-11-19/h4-13,21-22H,2-3,14-17H2,1H3,(H,26,27)/p-1. The van der Waals surface area contributed by atoms with Crippen molar-refractivity contribution in [3.63, 3.8) is 0 Å². The maximum Gasteiger partial charge on any atom is 0.0685 e. The van der Waals surface area contributed by atoms with E-state index >= 15 is 0 Å². The minimum absolute atomic E-state index is 0.0908. The number of carbonyl (C=O) groups excluding carboxylic acids is 1. The highest BCUT2D eigenvalue weighted by atomic mass is 16.4. The van der Waals surface area contributed by atoms with Crippen LogP contribution in [0.5, 0.6) is 0 Å². The highest BCUT2D eigenvalue weighted by molar-refractivity contribution is 5.85. The van der Waals surface area contributed by atoms with Gasteiger partial charge in [-0.25, -0.2) is 0 Å². The molecule has 3 rings (SSSR count). The van der Waals surface area contributed by atoms with Crippen LogP contribution in [0.3, 0.4) is 0 Å². The number of rotatable bonds is 7. The van der Waals surface area contributed by atoms with Gasteiger partial charge in [0.2, 0.25) is 0 Å². The van der Waals surface area contributed by atoms with E-state index in [1.54, 1.807) is 0 Å². The van der Waals surface area contributed by atoms with Crippen molar-refractivity contribution in [3.8, 4) is 0 Å². The number of aliphatic carboxylic acids is 1. The molecule has 27 heavy (non-hydrogen) atoms. The summed E-state index contributed by atoms with van der Waals surface area (Å²) in [6.07, 6.45) is 0.856. The van der Waals surface area contributed by atoms with Gasteiger partial charge in [0, 0.05) is 32.2 Å². The molecule has 142 valence electrons.